The van der Waals surface area contributed by atoms with Crippen molar-refractivity contribution >= 4 is 29.5 Å². The topological polar surface area (TPSA) is 65.7 Å². The molecule has 1 aromatic heterocycles. The number of cyclic esters (lactones) is 1. The lowest BCUT2D eigenvalue weighted by molar-refractivity contribution is -0.129. The molecule has 2 aromatic carbocycles. The molecule has 4 rings (SSSR count). The highest BCUT2D eigenvalue weighted by atomic mass is 35.5. The fraction of sp³-hybridized carbons (Fsp3) is 0.0952. The van der Waals surface area contributed by atoms with E-state index in [1.807, 2.05) is 18.2 Å². The number of esters is 1. The third kappa shape index (κ3) is 4.55. The minimum Gasteiger partial charge on any atom is -0.435 e. The second kappa shape index (κ2) is 8.46. The summed E-state index contributed by atoms with van der Waals surface area (Å²) in [5.41, 5.74) is 2.15. The SMILES string of the molecule is O=C1OC(c2ccc(OC(F)F)cc2)=N/C1=C\c1cnn(Cc2ccccc2Cl)c1. The van der Waals surface area contributed by atoms with Gasteiger partial charge in [-0.25, -0.2) is 9.79 Å². The van der Waals surface area contributed by atoms with E-state index in [4.69, 9.17) is 16.3 Å². The van der Waals surface area contributed by atoms with Gasteiger partial charge < -0.3 is 9.47 Å². The monoisotopic (exact) mass is 429 g/mol. The van der Waals surface area contributed by atoms with E-state index in [1.54, 1.807) is 29.2 Å². The predicted octanol–water partition coefficient (Wildman–Crippen LogP) is 4.53. The molecule has 1 aliphatic rings. The Labute approximate surface area is 175 Å². The van der Waals surface area contributed by atoms with Crippen LogP contribution in [0.25, 0.3) is 6.08 Å². The molecule has 0 atom stereocenters. The lowest BCUT2D eigenvalue weighted by Crippen LogP contribution is -2.06. The lowest BCUT2D eigenvalue weighted by Gasteiger charge is -2.04. The van der Waals surface area contributed by atoms with Crippen LogP contribution in [0.4, 0.5) is 8.78 Å². The normalized spacial score (nSPS) is 14.9. The van der Waals surface area contributed by atoms with Crippen LogP contribution in [0.1, 0.15) is 16.7 Å². The molecule has 1 aliphatic heterocycles. The third-order valence-corrected chi connectivity index (χ3v) is 4.56. The number of benzene rings is 2. The fourth-order valence-electron chi connectivity index (χ4n) is 2.81. The summed E-state index contributed by atoms with van der Waals surface area (Å²) in [6, 6.07) is 13.1. The molecule has 6 nitrogen and oxygen atoms in total. The number of nitrogens with zero attached hydrogens (tertiary/aromatic N) is 3. The van der Waals surface area contributed by atoms with Crippen molar-refractivity contribution in [2.45, 2.75) is 13.2 Å². The molecule has 0 bridgehead atoms. The summed E-state index contributed by atoms with van der Waals surface area (Å²) in [6.07, 6.45) is 4.91. The Morgan fingerprint density at radius 3 is 2.67 bits per heavy atom. The minimum absolute atomic E-state index is 0.000345. The van der Waals surface area contributed by atoms with Gasteiger partial charge in [0.1, 0.15) is 5.75 Å². The average Bonchev–Trinajstić information content (AvgIpc) is 3.31. The van der Waals surface area contributed by atoms with Gasteiger partial charge >= 0.3 is 12.6 Å². The van der Waals surface area contributed by atoms with Crippen molar-refractivity contribution in [1.82, 2.24) is 9.78 Å². The molecule has 0 aliphatic carbocycles. The molecule has 0 amide bonds. The first-order valence-corrected chi connectivity index (χ1v) is 9.19. The predicted molar refractivity (Wildman–Crippen MR) is 106 cm³/mol. The summed E-state index contributed by atoms with van der Waals surface area (Å²) in [4.78, 5) is 16.3. The van der Waals surface area contributed by atoms with E-state index in [1.165, 1.54) is 24.3 Å². The molecule has 0 saturated carbocycles. The number of aliphatic imine (C=N–C) groups is 1. The maximum atomic E-state index is 12.2. The largest absolute Gasteiger partial charge is 0.435 e. The molecule has 30 heavy (non-hydrogen) atoms. The molecule has 0 fully saturated rings. The number of hydrogen-bond acceptors (Lipinski definition) is 5. The van der Waals surface area contributed by atoms with Crippen molar-refractivity contribution in [3.05, 3.63) is 88.3 Å². The molecule has 0 N–H and O–H groups in total. The Morgan fingerprint density at radius 2 is 1.93 bits per heavy atom. The van der Waals surface area contributed by atoms with Gasteiger partial charge in [-0.15, -0.1) is 0 Å². The van der Waals surface area contributed by atoms with E-state index in [0.29, 0.717) is 22.7 Å². The van der Waals surface area contributed by atoms with Crippen molar-refractivity contribution in [1.29, 1.82) is 0 Å². The van der Waals surface area contributed by atoms with Crippen LogP contribution in [0.2, 0.25) is 5.02 Å². The number of hydrogen-bond donors (Lipinski definition) is 0. The molecule has 0 spiro atoms. The van der Waals surface area contributed by atoms with E-state index in [2.05, 4.69) is 14.8 Å². The maximum absolute atomic E-state index is 12.2. The summed E-state index contributed by atoms with van der Waals surface area (Å²) >= 11 is 6.17. The highest BCUT2D eigenvalue weighted by Crippen LogP contribution is 2.22. The summed E-state index contributed by atoms with van der Waals surface area (Å²) in [6.45, 7) is -2.43. The van der Waals surface area contributed by atoms with Crippen molar-refractivity contribution in [3.8, 4) is 5.75 Å². The first kappa shape index (κ1) is 19.8. The van der Waals surface area contributed by atoms with Crippen LogP contribution < -0.4 is 4.74 Å². The zero-order valence-electron chi connectivity index (χ0n) is 15.3. The number of carbonyl (C=O) groups is 1. The van der Waals surface area contributed by atoms with Gasteiger partial charge in [-0.3, -0.25) is 4.68 Å². The van der Waals surface area contributed by atoms with Crippen LogP contribution >= 0.6 is 11.6 Å². The van der Waals surface area contributed by atoms with Gasteiger partial charge in [0.25, 0.3) is 0 Å². The fourth-order valence-corrected chi connectivity index (χ4v) is 3.01. The smallest absolute Gasteiger partial charge is 0.387 e. The van der Waals surface area contributed by atoms with Gasteiger partial charge in [0.15, 0.2) is 5.70 Å². The van der Waals surface area contributed by atoms with E-state index in [-0.39, 0.29) is 17.3 Å². The highest BCUT2D eigenvalue weighted by Gasteiger charge is 2.24. The maximum Gasteiger partial charge on any atom is 0.387 e. The van der Waals surface area contributed by atoms with Crippen LogP contribution in [0.5, 0.6) is 5.75 Å². The van der Waals surface area contributed by atoms with Crippen LogP contribution in [0.15, 0.2) is 71.6 Å². The Morgan fingerprint density at radius 1 is 1.17 bits per heavy atom. The second-order valence-corrected chi connectivity index (χ2v) is 6.71. The summed E-state index contributed by atoms with van der Waals surface area (Å²) in [5, 5.41) is 4.91. The van der Waals surface area contributed by atoms with Crippen molar-refractivity contribution in [2.75, 3.05) is 0 Å². The van der Waals surface area contributed by atoms with Gasteiger partial charge in [-0.1, -0.05) is 29.8 Å². The quantitative estimate of drug-likeness (QED) is 0.426. The Bertz CT molecular complexity index is 1140. The Balaban J connectivity index is 1.50. The van der Waals surface area contributed by atoms with Crippen LogP contribution in [-0.4, -0.2) is 28.3 Å². The summed E-state index contributed by atoms with van der Waals surface area (Å²) in [7, 11) is 0. The molecular weight excluding hydrogens is 416 g/mol. The number of alkyl halides is 2. The molecule has 9 heteroatoms. The molecule has 0 saturated heterocycles. The van der Waals surface area contributed by atoms with E-state index >= 15 is 0 Å². The summed E-state index contributed by atoms with van der Waals surface area (Å²) in [5.74, 6) is -0.532. The molecule has 152 valence electrons. The lowest BCUT2D eigenvalue weighted by atomic mass is 10.2. The third-order valence-electron chi connectivity index (χ3n) is 4.19. The number of rotatable bonds is 6. The standard InChI is InChI=1S/C21H14ClF2N3O3/c22-17-4-2-1-3-15(17)12-27-11-13(10-25-27)9-18-20(28)30-19(26-18)14-5-7-16(8-6-14)29-21(23)24/h1-11,21H,12H2/b18-9-. The van der Waals surface area contributed by atoms with E-state index < -0.39 is 12.6 Å². The number of carbonyl (C=O) groups excluding carboxylic acids is 1. The molecule has 3 aromatic rings. The second-order valence-electron chi connectivity index (χ2n) is 6.30. The molecular formula is C21H14ClF2N3O3. The first-order chi connectivity index (χ1) is 14.5. The van der Waals surface area contributed by atoms with Crippen LogP contribution in [0.3, 0.4) is 0 Å². The van der Waals surface area contributed by atoms with E-state index in [9.17, 15) is 13.6 Å². The van der Waals surface area contributed by atoms with Gasteiger partial charge in [0, 0.05) is 22.3 Å². The van der Waals surface area contributed by atoms with Gasteiger partial charge in [0.05, 0.1) is 12.7 Å². The number of ether oxygens (including phenoxy) is 2. The number of halogens is 3. The molecule has 0 radical (unpaired) electrons. The van der Waals surface area contributed by atoms with Crippen molar-refractivity contribution in [2.24, 2.45) is 4.99 Å². The Hall–Kier alpha value is -3.52. The molecule has 2 heterocycles. The van der Waals surface area contributed by atoms with Gasteiger partial charge in [-0.2, -0.15) is 13.9 Å². The highest BCUT2D eigenvalue weighted by molar-refractivity contribution is 6.31. The Kier molecular flexibility index (Phi) is 5.58. The van der Waals surface area contributed by atoms with Gasteiger partial charge in [-0.05, 0) is 42.0 Å². The minimum atomic E-state index is -2.91. The van der Waals surface area contributed by atoms with E-state index in [0.717, 1.165) is 5.56 Å². The summed E-state index contributed by atoms with van der Waals surface area (Å²) < 4.78 is 35.6. The zero-order valence-corrected chi connectivity index (χ0v) is 16.1. The zero-order chi connectivity index (χ0) is 21.1. The van der Waals surface area contributed by atoms with Crippen molar-refractivity contribution < 1.29 is 23.0 Å². The van der Waals surface area contributed by atoms with Crippen LogP contribution in [0, 0.1) is 0 Å². The van der Waals surface area contributed by atoms with Crippen molar-refractivity contribution in [3.63, 3.8) is 0 Å². The number of aromatic nitrogens is 2. The first-order valence-electron chi connectivity index (χ1n) is 8.81. The van der Waals surface area contributed by atoms with Crippen LogP contribution in [-0.2, 0) is 16.1 Å². The average molecular weight is 430 g/mol. The molecule has 0 unspecified atom stereocenters. The van der Waals surface area contributed by atoms with Gasteiger partial charge in [0.2, 0.25) is 5.90 Å².